The average molecular weight is 338 g/mol. The van der Waals surface area contributed by atoms with Crippen molar-refractivity contribution in [2.45, 2.75) is 6.10 Å². The number of hydrogen-bond donors (Lipinski definition) is 0. The van der Waals surface area contributed by atoms with E-state index in [2.05, 4.69) is 28.2 Å². The van der Waals surface area contributed by atoms with Crippen LogP contribution in [0.3, 0.4) is 0 Å². The third-order valence-corrected chi connectivity index (χ3v) is 4.19. The molecule has 26 heavy (non-hydrogen) atoms. The van der Waals surface area contributed by atoms with Gasteiger partial charge in [-0.3, -0.25) is 9.97 Å². The third-order valence-electron chi connectivity index (χ3n) is 4.19. The molecule has 2 aromatic heterocycles. The van der Waals surface area contributed by atoms with Crippen LogP contribution in [-0.2, 0) is 0 Å². The second kappa shape index (κ2) is 7.62. The van der Waals surface area contributed by atoms with Crippen LogP contribution in [0.25, 0.3) is 11.1 Å². The highest BCUT2D eigenvalue weighted by Gasteiger charge is 2.18. The van der Waals surface area contributed by atoms with E-state index in [9.17, 15) is 0 Å². The molecule has 0 bridgehead atoms. The SMILES string of the molecule is c1ccc(-c2ccccc2OC(c2cccnc2)c2cccnc2)cc1. The lowest BCUT2D eigenvalue weighted by molar-refractivity contribution is 0.247. The molecule has 3 nitrogen and oxygen atoms in total. The second-order valence-corrected chi connectivity index (χ2v) is 5.93. The lowest BCUT2D eigenvalue weighted by Crippen LogP contribution is -2.10. The Morgan fingerprint density at radius 1 is 0.615 bits per heavy atom. The van der Waals surface area contributed by atoms with Crippen LogP contribution in [0.15, 0.2) is 104 Å². The van der Waals surface area contributed by atoms with Crippen molar-refractivity contribution >= 4 is 0 Å². The van der Waals surface area contributed by atoms with Crippen LogP contribution in [0.1, 0.15) is 17.2 Å². The van der Waals surface area contributed by atoms with Crippen molar-refractivity contribution in [3.8, 4) is 16.9 Å². The van der Waals surface area contributed by atoms with Crippen molar-refractivity contribution in [1.29, 1.82) is 0 Å². The van der Waals surface area contributed by atoms with Crippen molar-refractivity contribution in [2.24, 2.45) is 0 Å². The topological polar surface area (TPSA) is 35.0 Å². The number of benzene rings is 2. The highest BCUT2D eigenvalue weighted by atomic mass is 16.5. The predicted octanol–water partition coefficient (Wildman–Crippen LogP) is 5.31. The van der Waals surface area contributed by atoms with Crippen molar-refractivity contribution in [3.63, 3.8) is 0 Å². The van der Waals surface area contributed by atoms with E-state index in [1.807, 2.05) is 73.1 Å². The van der Waals surface area contributed by atoms with Gasteiger partial charge in [-0.15, -0.1) is 0 Å². The first-order valence-electron chi connectivity index (χ1n) is 8.53. The molecule has 0 atom stereocenters. The molecule has 0 aliphatic rings. The molecule has 3 heteroatoms. The molecule has 0 aliphatic carbocycles. The monoisotopic (exact) mass is 338 g/mol. The van der Waals surface area contributed by atoms with Gasteiger partial charge in [0.15, 0.2) is 6.10 Å². The number of ether oxygens (including phenoxy) is 1. The average Bonchev–Trinajstić information content (AvgIpc) is 2.74. The van der Waals surface area contributed by atoms with E-state index in [1.54, 1.807) is 12.4 Å². The molecule has 2 aromatic carbocycles. The van der Waals surface area contributed by atoms with E-state index in [-0.39, 0.29) is 6.10 Å². The molecule has 0 saturated carbocycles. The molecule has 0 amide bonds. The Bertz CT molecular complexity index is 917. The van der Waals surface area contributed by atoms with E-state index in [0.717, 1.165) is 28.0 Å². The number of nitrogens with zero attached hydrogens (tertiary/aromatic N) is 2. The summed E-state index contributed by atoms with van der Waals surface area (Å²) in [5.41, 5.74) is 4.16. The Balaban J connectivity index is 1.76. The number of rotatable bonds is 5. The van der Waals surface area contributed by atoms with Gasteiger partial charge in [-0.25, -0.2) is 0 Å². The van der Waals surface area contributed by atoms with Gasteiger partial charge < -0.3 is 4.74 Å². The Morgan fingerprint density at radius 3 is 1.85 bits per heavy atom. The van der Waals surface area contributed by atoms with E-state index >= 15 is 0 Å². The Labute approximate surface area is 153 Å². The number of pyridine rings is 2. The first kappa shape index (κ1) is 16.0. The van der Waals surface area contributed by atoms with Gasteiger partial charge in [-0.2, -0.15) is 0 Å². The van der Waals surface area contributed by atoms with Gasteiger partial charge in [-0.05, 0) is 23.8 Å². The molecule has 4 aromatic rings. The zero-order valence-corrected chi connectivity index (χ0v) is 14.2. The molecule has 0 N–H and O–H groups in total. The third kappa shape index (κ3) is 3.47. The van der Waals surface area contributed by atoms with Gasteiger partial charge in [-0.1, -0.05) is 60.7 Å². The van der Waals surface area contributed by atoms with Gasteiger partial charge in [0.05, 0.1) is 0 Å². The maximum atomic E-state index is 6.49. The summed E-state index contributed by atoms with van der Waals surface area (Å²) in [6, 6.07) is 26.2. The van der Waals surface area contributed by atoms with Crippen molar-refractivity contribution < 1.29 is 4.74 Å². The lowest BCUT2D eigenvalue weighted by Gasteiger charge is -2.21. The van der Waals surface area contributed by atoms with Crippen molar-refractivity contribution in [1.82, 2.24) is 9.97 Å². The van der Waals surface area contributed by atoms with Crippen LogP contribution in [0, 0.1) is 0 Å². The van der Waals surface area contributed by atoms with Gasteiger partial charge in [0.25, 0.3) is 0 Å². The summed E-state index contributed by atoms with van der Waals surface area (Å²) in [5, 5.41) is 0. The number of aromatic nitrogens is 2. The maximum Gasteiger partial charge on any atom is 0.152 e. The minimum absolute atomic E-state index is 0.276. The van der Waals surface area contributed by atoms with E-state index in [0.29, 0.717) is 0 Å². The molecular formula is C23H18N2O. The summed E-state index contributed by atoms with van der Waals surface area (Å²) >= 11 is 0. The van der Waals surface area contributed by atoms with E-state index < -0.39 is 0 Å². The first-order chi connectivity index (χ1) is 12.9. The van der Waals surface area contributed by atoms with E-state index in [4.69, 9.17) is 4.74 Å². The van der Waals surface area contributed by atoms with Gasteiger partial charge in [0.1, 0.15) is 5.75 Å². The van der Waals surface area contributed by atoms with Crippen molar-refractivity contribution in [2.75, 3.05) is 0 Å². The minimum Gasteiger partial charge on any atom is -0.480 e. The largest absolute Gasteiger partial charge is 0.480 e. The van der Waals surface area contributed by atoms with Crippen LogP contribution in [0.2, 0.25) is 0 Å². The highest BCUT2D eigenvalue weighted by Crippen LogP contribution is 2.34. The maximum absolute atomic E-state index is 6.49. The zero-order valence-electron chi connectivity index (χ0n) is 14.2. The van der Waals surface area contributed by atoms with Crippen LogP contribution < -0.4 is 4.74 Å². The quantitative estimate of drug-likeness (QED) is 0.494. The zero-order chi connectivity index (χ0) is 17.6. The Kier molecular flexibility index (Phi) is 4.70. The Morgan fingerprint density at radius 2 is 1.23 bits per heavy atom. The van der Waals surface area contributed by atoms with E-state index in [1.165, 1.54) is 0 Å². The summed E-state index contributed by atoms with van der Waals surface area (Å²) < 4.78 is 6.49. The number of para-hydroxylation sites is 1. The highest BCUT2D eigenvalue weighted by molar-refractivity contribution is 5.70. The molecule has 0 spiro atoms. The summed E-state index contributed by atoms with van der Waals surface area (Å²) in [5.74, 6) is 0.830. The summed E-state index contributed by atoms with van der Waals surface area (Å²) in [6.45, 7) is 0. The number of hydrogen-bond acceptors (Lipinski definition) is 3. The lowest BCUT2D eigenvalue weighted by atomic mass is 10.0. The predicted molar refractivity (Wildman–Crippen MR) is 103 cm³/mol. The van der Waals surface area contributed by atoms with Crippen molar-refractivity contribution in [3.05, 3.63) is 115 Å². The molecule has 2 heterocycles. The van der Waals surface area contributed by atoms with Gasteiger partial charge >= 0.3 is 0 Å². The van der Waals surface area contributed by atoms with Gasteiger partial charge in [0, 0.05) is 41.5 Å². The Hall–Kier alpha value is -3.46. The first-order valence-corrected chi connectivity index (χ1v) is 8.53. The standard InChI is InChI=1S/C23H18N2O/c1-2-8-18(9-3-1)21-12-4-5-13-22(21)26-23(19-10-6-14-24-16-19)20-11-7-15-25-17-20/h1-17,23H. The molecule has 126 valence electrons. The van der Waals surface area contributed by atoms with Crippen LogP contribution >= 0.6 is 0 Å². The summed E-state index contributed by atoms with van der Waals surface area (Å²) in [7, 11) is 0. The fourth-order valence-corrected chi connectivity index (χ4v) is 2.94. The molecule has 0 fully saturated rings. The molecule has 0 saturated heterocycles. The normalized spacial score (nSPS) is 10.7. The molecule has 0 radical (unpaired) electrons. The molecule has 0 aliphatic heterocycles. The van der Waals surface area contributed by atoms with Crippen LogP contribution in [0.5, 0.6) is 5.75 Å². The summed E-state index contributed by atoms with van der Waals surface area (Å²) in [4.78, 5) is 8.51. The molecule has 0 unspecified atom stereocenters. The smallest absolute Gasteiger partial charge is 0.152 e. The molecular weight excluding hydrogens is 320 g/mol. The minimum atomic E-state index is -0.276. The fourth-order valence-electron chi connectivity index (χ4n) is 2.94. The van der Waals surface area contributed by atoms with Crippen LogP contribution in [0.4, 0.5) is 0 Å². The fraction of sp³-hybridized carbons (Fsp3) is 0.0435. The van der Waals surface area contributed by atoms with Crippen LogP contribution in [-0.4, -0.2) is 9.97 Å². The molecule has 4 rings (SSSR count). The second-order valence-electron chi connectivity index (χ2n) is 5.93. The summed E-state index contributed by atoms with van der Waals surface area (Å²) in [6.07, 6.45) is 6.93. The van der Waals surface area contributed by atoms with Gasteiger partial charge in [0.2, 0.25) is 0 Å².